The second kappa shape index (κ2) is 5.52. The number of aryl methyl sites for hydroxylation is 1. The van der Waals surface area contributed by atoms with E-state index >= 15 is 0 Å². The Morgan fingerprint density at radius 2 is 2.33 bits per heavy atom. The van der Waals surface area contributed by atoms with Crippen LogP contribution in [-0.2, 0) is 18.3 Å². The maximum absolute atomic E-state index is 11.7. The number of carbonyl (C=O) groups excluding carboxylic acids is 1. The van der Waals surface area contributed by atoms with E-state index in [0.717, 1.165) is 18.8 Å². The summed E-state index contributed by atoms with van der Waals surface area (Å²) in [6, 6.07) is 0.561. The Kier molecular flexibility index (Phi) is 4.01. The fourth-order valence-electron chi connectivity index (χ4n) is 2.52. The Bertz CT molecular complexity index is 428. The first-order valence-electron chi connectivity index (χ1n) is 6.46. The summed E-state index contributed by atoms with van der Waals surface area (Å²) >= 11 is 0. The maximum atomic E-state index is 11.7. The lowest BCUT2D eigenvalue weighted by Crippen LogP contribution is -2.37. The van der Waals surface area contributed by atoms with Crippen LogP contribution in [0.1, 0.15) is 42.2 Å². The van der Waals surface area contributed by atoms with Crippen molar-refractivity contribution >= 4 is 5.97 Å². The minimum Gasteiger partial charge on any atom is -0.465 e. The summed E-state index contributed by atoms with van der Waals surface area (Å²) in [7, 11) is 3.23. The van der Waals surface area contributed by atoms with E-state index in [0.29, 0.717) is 11.6 Å². The molecule has 0 amide bonds. The standard InChI is InChI=1S/C13H21N3O2/c1-10-6-4-5-7-16(10)9-12-11(13(17)18-3)8-15(2)14-12/h8,10H,4-7,9H2,1-3H3. The van der Waals surface area contributed by atoms with Gasteiger partial charge in [0.05, 0.1) is 12.8 Å². The van der Waals surface area contributed by atoms with Crippen LogP contribution in [0.2, 0.25) is 0 Å². The van der Waals surface area contributed by atoms with Crippen molar-refractivity contribution in [2.75, 3.05) is 13.7 Å². The van der Waals surface area contributed by atoms with E-state index in [4.69, 9.17) is 4.74 Å². The monoisotopic (exact) mass is 251 g/mol. The van der Waals surface area contributed by atoms with Gasteiger partial charge in [-0.1, -0.05) is 6.42 Å². The van der Waals surface area contributed by atoms with Gasteiger partial charge >= 0.3 is 5.97 Å². The number of piperidine rings is 1. The van der Waals surface area contributed by atoms with Gasteiger partial charge in [0.25, 0.3) is 0 Å². The van der Waals surface area contributed by atoms with E-state index in [1.807, 2.05) is 7.05 Å². The second-order valence-electron chi connectivity index (χ2n) is 4.97. The molecule has 1 fully saturated rings. The fraction of sp³-hybridized carbons (Fsp3) is 0.692. The van der Waals surface area contributed by atoms with Crippen LogP contribution >= 0.6 is 0 Å². The highest BCUT2D eigenvalue weighted by Crippen LogP contribution is 2.20. The van der Waals surface area contributed by atoms with Gasteiger partial charge in [-0.2, -0.15) is 5.10 Å². The summed E-state index contributed by atoms with van der Waals surface area (Å²) in [5, 5.41) is 4.38. The Balaban J connectivity index is 2.15. The van der Waals surface area contributed by atoms with E-state index < -0.39 is 0 Å². The molecule has 0 radical (unpaired) electrons. The molecule has 100 valence electrons. The third kappa shape index (κ3) is 2.72. The molecule has 5 nitrogen and oxygen atoms in total. The average Bonchev–Trinajstić information content (AvgIpc) is 2.72. The fourth-order valence-corrected chi connectivity index (χ4v) is 2.52. The topological polar surface area (TPSA) is 47.4 Å². The lowest BCUT2D eigenvalue weighted by molar-refractivity contribution is 0.0596. The molecule has 0 N–H and O–H groups in total. The van der Waals surface area contributed by atoms with E-state index in [-0.39, 0.29) is 5.97 Å². The van der Waals surface area contributed by atoms with Crippen LogP contribution < -0.4 is 0 Å². The van der Waals surface area contributed by atoms with Gasteiger partial charge in [-0.05, 0) is 26.3 Å². The minimum atomic E-state index is -0.303. The second-order valence-corrected chi connectivity index (χ2v) is 4.97. The zero-order valence-corrected chi connectivity index (χ0v) is 11.3. The van der Waals surface area contributed by atoms with Gasteiger partial charge in [0, 0.05) is 25.8 Å². The predicted molar refractivity (Wildman–Crippen MR) is 68.3 cm³/mol. The van der Waals surface area contributed by atoms with Gasteiger partial charge in [0.1, 0.15) is 5.56 Å². The number of ether oxygens (including phenoxy) is 1. The van der Waals surface area contributed by atoms with Crippen LogP contribution in [-0.4, -0.2) is 40.3 Å². The Labute approximate surface area is 108 Å². The molecule has 0 aliphatic carbocycles. The number of esters is 1. The first-order valence-corrected chi connectivity index (χ1v) is 6.46. The number of carbonyl (C=O) groups is 1. The average molecular weight is 251 g/mol. The molecule has 1 aromatic rings. The lowest BCUT2D eigenvalue weighted by atomic mass is 10.0. The maximum Gasteiger partial charge on any atom is 0.341 e. The van der Waals surface area contributed by atoms with E-state index in [2.05, 4.69) is 16.9 Å². The number of methoxy groups -OCH3 is 1. The third-order valence-corrected chi connectivity index (χ3v) is 3.60. The SMILES string of the molecule is COC(=O)c1cn(C)nc1CN1CCCCC1C. The number of likely N-dealkylation sites (tertiary alicyclic amines) is 1. The molecule has 0 spiro atoms. The van der Waals surface area contributed by atoms with Crippen molar-refractivity contribution < 1.29 is 9.53 Å². The van der Waals surface area contributed by atoms with Crippen molar-refractivity contribution in [1.82, 2.24) is 14.7 Å². The quantitative estimate of drug-likeness (QED) is 0.765. The molecule has 5 heteroatoms. The van der Waals surface area contributed by atoms with Crippen molar-refractivity contribution in [2.24, 2.45) is 7.05 Å². The predicted octanol–water partition coefficient (Wildman–Crippen LogP) is 1.58. The highest BCUT2D eigenvalue weighted by Gasteiger charge is 2.23. The van der Waals surface area contributed by atoms with Crippen molar-refractivity contribution in [3.05, 3.63) is 17.5 Å². The van der Waals surface area contributed by atoms with Crippen LogP contribution in [0.25, 0.3) is 0 Å². The normalized spacial score (nSPS) is 20.9. The van der Waals surface area contributed by atoms with Crippen LogP contribution in [0, 0.1) is 0 Å². The van der Waals surface area contributed by atoms with E-state index in [9.17, 15) is 4.79 Å². The largest absolute Gasteiger partial charge is 0.465 e. The Morgan fingerprint density at radius 3 is 3.00 bits per heavy atom. The molecule has 1 aliphatic heterocycles. The van der Waals surface area contributed by atoms with Crippen LogP contribution in [0.5, 0.6) is 0 Å². The zero-order chi connectivity index (χ0) is 13.1. The van der Waals surface area contributed by atoms with E-state index in [1.165, 1.54) is 26.4 Å². The highest BCUT2D eigenvalue weighted by atomic mass is 16.5. The molecule has 2 rings (SSSR count). The van der Waals surface area contributed by atoms with Crippen molar-refractivity contribution in [3.63, 3.8) is 0 Å². The molecular weight excluding hydrogens is 230 g/mol. The molecule has 0 saturated carbocycles. The molecule has 1 aliphatic rings. The molecule has 1 saturated heterocycles. The third-order valence-electron chi connectivity index (χ3n) is 3.60. The molecule has 0 aromatic carbocycles. The van der Waals surface area contributed by atoms with Crippen molar-refractivity contribution in [1.29, 1.82) is 0 Å². The molecule has 1 aromatic heterocycles. The van der Waals surface area contributed by atoms with Gasteiger partial charge in [-0.3, -0.25) is 9.58 Å². The smallest absolute Gasteiger partial charge is 0.341 e. The van der Waals surface area contributed by atoms with Crippen molar-refractivity contribution in [2.45, 2.75) is 38.8 Å². The first-order chi connectivity index (χ1) is 8.61. The van der Waals surface area contributed by atoms with Crippen LogP contribution in [0.4, 0.5) is 0 Å². The number of aromatic nitrogens is 2. The Hall–Kier alpha value is -1.36. The summed E-state index contributed by atoms with van der Waals surface area (Å²) < 4.78 is 6.47. The van der Waals surface area contributed by atoms with E-state index in [1.54, 1.807) is 10.9 Å². The number of rotatable bonds is 3. The molecular formula is C13H21N3O2. The first kappa shape index (κ1) is 13.1. The Morgan fingerprint density at radius 1 is 1.56 bits per heavy atom. The van der Waals surface area contributed by atoms with Crippen LogP contribution in [0.3, 0.4) is 0 Å². The molecule has 1 unspecified atom stereocenters. The highest BCUT2D eigenvalue weighted by molar-refractivity contribution is 5.90. The summed E-state index contributed by atoms with van der Waals surface area (Å²) in [5.41, 5.74) is 1.40. The number of hydrogen-bond donors (Lipinski definition) is 0. The molecule has 18 heavy (non-hydrogen) atoms. The summed E-state index contributed by atoms with van der Waals surface area (Å²) in [4.78, 5) is 14.1. The van der Waals surface area contributed by atoms with Gasteiger partial charge in [0.15, 0.2) is 0 Å². The lowest BCUT2D eigenvalue weighted by Gasteiger charge is -2.32. The molecule has 2 heterocycles. The van der Waals surface area contributed by atoms with Crippen LogP contribution in [0.15, 0.2) is 6.20 Å². The molecule has 0 bridgehead atoms. The summed E-state index contributed by atoms with van der Waals surface area (Å²) in [5.74, 6) is -0.303. The van der Waals surface area contributed by atoms with Gasteiger partial charge in [-0.25, -0.2) is 4.79 Å². The number of nitrogens with zero attached hydrogens (tertiary/aromatic N) is 3. The summed E-state index contributed by atoms with van der Waals surface area (Å²) in [6.45, 7) is 4.05. The number of hydrogen-bond acceptors (Lipinski definition) is 4. The minimum absolute atomic E-state index is 0.303. The molecule has 1 atom stereocenters. The summed E-state index contributed by atoms with van der Waals surface area (Å²) in [6.07, 6.45) is 5.48. The van der Waals surface area contributed by atoms with Gasteiger partial charge in [0.2, 0.25) is 0 Å². The zero-order valence-electron chi connectivity index (χ0n) is 11.3. The van der Waals surface area contributed by atoms with Crippen molar-refractivity contribution in [3.8, 4) is 0 Å². The van der Waals surface area contributed by atoms with Gasteiger partial charge < -0.3 is 4.74 Å². The van der Waals surface area contributed by atoms with Gasteiger partial charge in [-0.15, -0.1) is 0 Å².